The van der Waals surface area contributed by atoms with Gasteiger partial charge in [0, 0.05) is 20.3 Å². The van der Waals surface area contributed by atoms with Crippen LogP contribution in [0.5, 0.6) is 5.75 Å². The summed E-state index contributed by atoms with van der Waals surface area (Å²) >= 11 is 0. The minimum Gasteiger partial charge on any atom is -0.489 e. The number of ether oxygens (including phenoxy) is 1. The molecule has 1 aliphatic rings. The Morgan fingerprint density at radius 1 is 1.50 bits per heavy atom. The van der Waals surface area contributed by atoms with Crippen molar-refractivity contribution in [1.82, 2.24) is 9.88 Å². The predicted octanol–water partition coefficient (Wildman–Crippen LogP) is 1.63. The number of rotatable bonds is 3. The van der Waals surface area contributed by atoms with E-state index >= 15 is 0 Å². The Labute approximate surface area is 95.2 Å². The number of pyridine rings is 1. The quantitative estimate of drug-likeness (QED) is 0.777. The molecule has 0 radical (unpaired) electrons. The Kier molecular flexibility index (Phi) is 2.81. The fourth-order valence-corrected chi connectivity index (χ4v) is 1.37. The summed E-state index contributed by atoms with van der Waals surface area (Å²) in [6.45, 7) is 1.89. The van der Waals surface area contributed by atoms with Crippen molar-refractivity contribution < 1.29 is 9.53 Å². The molecule has 1 saturated carbocycles. The molecule has 1 amide bonds. The van der Waals surface area contributed by atoms with Crippen LogP contribution in [0.15, 0.2) is 12.3 Å². The maximum atomic E-state index is 11.7. The zero-order chi connectivity index (χ0) is 11.7. The van der Waals surface area contributed by atoms with Crippen LogP contribution < -0.4 is 4.74 Å². The van der Waals surface area contributed by atoms with E-state index in [2.05, 4.69) is 4.98 Å². The van der Waals surface area contributed by atoms with E-state index in [1.54, 1.807) is 26.4 Å². The summed E-state index contributed by atoms with van der Waals surface area (Å²) in [6.07, 6.45) is 4.12. The van der Waals surface area contributed by atoms with E-state index in [9.17, 15) is 4.79 Å². The molecule has 0 atom stereocenters. The highest BCUT2D eigenvalue weighted by Gasteiger charge is 2.24. The van der Waals surface area contributed by atoms with Gasteiger partial charge in [-0.1, -0.05) is 0 Å². The third-order valence-electron chi connectivity index (χ3n) is 2.51. The van der Waals surface area contributed by atoms with Crippen LogP contribution in [0.2, 0.25) is 0 Å². The second kappa shape index (κ2) is 4.12. The van der Waals surface area contributed by atoms with Gasteiger partial charge in [0.25, 0.3) is 5.91 Å². The molecule has 0 aromatic carbocycles. The van der Waals surface area contributed by atoms with Gasteiger partial charge in [0.1, 0.15) is 5.75 Å². The molecule has 1 heterocycles. The smallest absolute Gasteiger partial charge is 0.255 e. The average Bonchev–Trinajstić information content (AvgIpc) is 3.04. The maximum absolute atomic E-state index is 11.7. The molecular formula is C12H16N2O2. The largest absolute Gasteiger partial charge is 0.489 e. The van der Waals surface area contributed by atoms with Gasteiger partial charge in [-0.25, -0.2) is 0 Å². The number of amides is 1. The van der Waals surface area contributed by atoms with E-state index in [4.69, 9.17) is 4.74 Å². The number of hydrogen-bond acceptors (Lipinski definition) is 3. The van der Waals surface area contributed by atoms with Gasteiger partial charge in [-0.05, 0) is 25.8 Å². The summed E-state index contributed by atoms with van der Waals surface area (Å²) in [5, 5.41) is 0. The summed E-state index contributed by atoms with van der Waals surface area (Å²) in [7, 11) is 3.45. The first-order valence-electron chi connectivity index (χ1n) is 5.43. The average molecular weight is 220 g/mol. The van der Waals surface area contributed by atoms with Gasteiger partial charge in [-0.15, -0.1) is 0 Å². The molecule has 1 aliphatic carbocycles. The highest BCUT2D eigenvalue weighted by atomic mass is 16.5. The lowest BCUT2D eigenvalue weighted by Gasteiger charge is -2.12. The SMILES string of the molecule is Cc1ncc(C(=O)N(C)C)cc1OC1CC1. The predicted molar refractivity (Wildman–Crippen MR) is 60.6 cm³/mol. The minimum absolute atomic E-state index is 0.0480. The van der Waals surface area contributed by atoms with Crippen molar-refractivity contribution in [3.8, 4) is 5.75 Å². The third-order valence-corrected chi connectivity index (χ3v) is 2.51. The first-order chi connectivity index (χ1) is 7.58. The third kappa shape index (κ3) is 2.32. The van der Waals surface area contributed by atoms with Crippen molar-refractivity contribution >= 4 is 5.91 Å². The van der Waals surface area contributed by atoms with Crippen LogP contribution in [0.3, 0.4) is 0 Å². The van der Waals surface area contributed by atoms with Crippen LogP contribution in [-0.4, -0.2) is 36.0 Å². The monoisotopic (exact) mass is 220 g/mol. The number of aromatic nitrogens is 1. The molecule has 4 heteroatoms. The van der Waals surface area contributed by atoms with Gasteiger partial charge >= 0.3 is 0 Å². The topological polar surface area (TPSA) is 42.4 Å². The van der Waals surface area contributed by atoms with E-state index < -0.39 is 0 Å². The van der Waals surface area contributed by atoms with Crippen LogP contribution >= 0.6 is 0 Å². The summed E-state index contributed by atoms with van der Waals surface area (Å²) in [6, 6.07) is 1.78. The number of hydrogen-bond donors (Lipinski definition) is 0. The lowest BCUT2D eigenvalue weighted by atomic mass is 10.2. The fraction of sp³-hybridized carbons (Fsp3) is 0.500. The molecule has 1 fully saturated rings. The van der Waals surface area contributed by atoms with Gasteiger partial charge in [0.15, 0.2) is 0 Å². The minimum atomic E-state index is -0.0480. The molecule has 1 aromatic heterocycles. The standard InChI is InChI=1S/C12H16N2O2/c1-8-11(16-10-4-5-10)6-9(7-13-8)12(15)14(2)3/h6-7,10H,4-5H2,1-3H3. The van der Waals surface area contributed by atoms with Crippen LogP contribution in [0.4, 0.5) is 0 Å². The Morgan fingerprint density at radius 2 is 2.19 bits per heavy atom. The Bertz CT molecular complexity index is 411. The van der Waals surface area contributed by atoms with E-state index in [-0.39, 0.29) is 5.91 Å². The summed E-state index contributed by atoms with van der Waals surface area (Å²) in [5.74, 6) is 0.684. The van der Waals surface area contributed by atoms with Crippen molar-refractivity contribution in [2.45, 2.75) is 25.9 Å². The molecule has 86 valence electrons. The molecule has 0 spiro atoms. The molecule has 0 N–H and O–H groups in total. The van der Waals surface area contributed by atoms with Gasteiger partial charge in [-0.3, -0.25) is 9.78 Å². The van der Waals surface area contributed by atoms with E-state index in [0.717, 1.165) is 24.3 Å². The maximum Gasteiger partial charge on any atom is 0.255 e. The van der Waals surface area contributed by atoms with Gasteiger partial charge in [-0.2, -0.15) is 0 Å². The number of nitrogens with zero attached hydrogens (tertiary/aromatic N) is 2. The van der Waals surface area contributed by atoms with Crippen molar-refractivity contribution in [3.05, 3.63) is 23.5 Å². The summed E-state index contributed by atoms with van der Waals surface area (Å²) in [4.78, 5) is 17.5. The highest BCUT2D eigenvalue weighted by molar-refractivity contribution is 5.94. The summed E-state index contributed by atoms with van der Waals surface area (Å²) < 4.78 is 5.69. The van der Waals surface area contributed by atoms with E-state index in [1.807, 2.05) is 6.92 Å². The van der Waals surface area contributed by atoms with Crippen molar-refractivity contribution in [2.24, 2.45) is 0 Å². The highest BCUT2D eigenvalue weighted by Crippen LogP contribution is 2.28. The summed E-state index contributed by atoms with van der Waals surface area (Å²) in [5.41, 5.74) is 1.41. The normalized spacial score (nSPS) is 14.7. The van der Waals surface area contributed by atoms with Gasteiger partial charge in [0.2, 0.25) is 0 Å². The first-order valence-corrected chi connectivity index (χ1v) is 5.43. The van der Waals surface area contributed by atoms with Crippen molar-refractivity contribution in [1.29, 1.82) is 0 Å². The second-order valence-electron chi connectivity index (χ2n) is 4.32. The van der Waals surface area contributed by atoms with Crippen molar-refractivity contribution in [2.75, 3.05) is 14.1 Å². The zero-order valence-corrected chi connectivity index (χ0v) is 9.86. The van der Waals surface area contributed by atoms with Crippen LogP contribution in [0.25, 0.3) is 0 Å². The molecule has 16 heavy (non-hydrogen) atoms. The number of carbonyl (C=O) groups is 1. The molecule has 2 rings (SSSR count). The van der Waals surface area contributed by atoms with E-state index in [0.29, 0.717) is 11.7 Å². The van der Waals surface area contributed by atoms with Crippen molar-refractivity contribution in [3.63, 3.8) is 0 Å². The molecule has 0 unspecified atom stereocenters. The first kappa shape index (κ1) is 10.9. The molecule has 0 aliphatic heterocycles. The number of aryl methyl sites for hydroxylation is 1. The fourth-order valence-electron chi connectivity index (χ4n) is 1.37. The molecule has 0 saturated heterocycles. The lowest BCUT2D eigenvalue weighted by molar-refractivity contribution is 0.0826. The van der Waals surface area contributed by atoms with Gasteiger partial charge < -0.3 is 9.64 Å². The Hall–Kier alpha value is -1.58. The molecule has 1 aromatic rings. The Morgan fingerprint density at radius 3 is 2.75 bits per heavy atom. The van der Waals surface area contributed by atoms with E-state index in [1.165, 1.54) is 4.90 Å². The molecule has 0 bridgehead atoms. The lowest BCUT2D eigenvalue weighted by Crippen LogP contribution is -2.22. The van der Waals surface area contributed by atoms with Gasteiger partial charge in [0.05, 0.1) is 17.4 Å². The molecular weight excluding hydrogens is 204 g/mol. The Balaban J connectivity index is 2.23. The van der Waals surface area contributed by atoms with Crippen LogP contribution in [0, 0.1) is 6.92 Å². The zero-order valence-electron chi connectivity index (χ0n) is 9.86. The molecule has 4 nitrogen and oxygen atoms in total. The second-order valence-corrected chi connectivity index (χ2v) is 4.32. The van der Waals surface area contributed by atoms with Crippen LogP contribution in [-0.2, 0) is 0 Å². The number of carbonyl (C=O) groups excluding carboxylic acids is 1. The van der Waals surface area contributed by atoms with Crippen LogP contribution in [0.1, 0.15) is 28.9 Å².